The van der Waals surface area contributed by atoms with E-state index in [0.29, 0.717) is 21.8 Å². The number of rotatable bonds is 3. The van der Waals surface area contributed by atoms with E-state index < -0.39 is 0 Å². The number of aromatic nitrogens is 2. The van der Waals surface area contributed by atoms with Crippen molar-refractivity contribution in [3.63, 3.8) is 0 Å². The fourth-order valence-electron chi connectivity index (χ4n) is 2.37. The first-order chi connectivity index (χ1) is 9.10. The SMILES string of the molecule is CCn1c(C2CC2)nc(-c2cc(Cl)cc(Cl)c2)c1N. The van der Waals surface area contributed by atoms with Gasteiger partial charge in [-0.15, -0.1) is 0 Å². The molecule has 0 radical (unpaired) electrons. The summed E-state index contributed by atoms with van der Waals surface area (Å²) >= 11 is 12.1. The number of benzene rings is 1. The van der Waals surface area contributed by atoms with Crippen LogP contribution in [-0.4, -0.2) is 9.55 Å². The minimum absolute atomic E-state index is 0.561. The first kappa shape index (κ1) is 12.8. The molecule has 0 aliphatic heterocycles. The van der Waals surface area contributed by atoms with Crippen molar-refractivity contribution in [3.05, 3.63) is 34.1 Å². The van der Waals surface area contributed by atoms with Gasteiger partial charge in [-0.1, -0.05) is 23.2 Å². The van der Waals surface area contributed by atoms with E-state index in [1.165, 1.54) is 12.8 Å². The summed E-state index contributed by atoms with van der Waals surface area (Å²) < 4.78 is 2.09. The minimum atomic E-state index is 0.561. The Morgan fingerprint density at radius 2 is 1.89 bits per heavy atom. The van der Waals surface area contributed by atoms with E-state index in [2.05, 4.69) is 11.5 Å². The standard InChI is InChI=1S/C14H15Cl2N3/c1-2-19-13(17)12(18-14(19)8-3-4-8)9-5-10(15)7-11(16)6-9/h5-8H,2-4,17H2,1H3. The molecule has 0 amide bonds. The zero-order chi connectivity index (χ0) is 13.6. The van der Waals surface area contributed by atoms with Crippen molar-refractivity contribution in [2.75, 3.05) is 5.73 Å². The first-order valence-electron chi connectivity index (χ1n) is 6.42. The average Bonchev–Trinajstić information content (AvgIpc) is 3.12. The van der Waals surface area contributed by atoms with E-state index in [1.807, 2.05) is 12.1 Å². The van der Waals surface area contributed by atoms with E-state index in [0.717, 1.165) is 23.6 Å². The second-order valence-corrected chi connectivity index (χ2v) is 5.75. The van der Waals surface area contributed by atoms with Crippen molar-refractivity contribution in [1.82, 2.24) is 9.55 Å². The molecule has 1 aliphatic carbocycles. The van der Waals surface area contributed by atoms with Gasteiger partial charge in [-0.05, 0) is 38.0 Å². The fraction of sp³-hybridized carbons (Fsp3) is 0.357. The number of nitrogen functional groups attached to an aromatic ring is 1. The van der Waals surface area contributed by atoms with Gasteiger partial charge in [0.25, 0.3) is 0 Å². The summed E-state index contributed by atoms with van der Waals surface area (Å²) in [6.07, 6.45) is 2.40. The van der Waals surface area contributed by atoms with E-state index in [-0.39, 0.29) is 0 Å². The van der Waals surface area contributed by atoms with Crippen molar-refractivity contribution < 1.29 is 0 Å². The van der Waals surface area contributed by atoms with Crippen LogP contribution in [0.15, 0.2) is 18.2 Å². The van der Waals surface area contributed by atoms with Gasteiger partial charge in [-0.25, -0.2) is 4.98 Å². The predicted molar refractivity (Wildman–Crippen MR) is 79.7 cm³/mol. The Bertz CT molecular complexity index is 610. The quantitative estimate of drug-likeness (QED) is 0.915. The third kappa shape index (κ3) is 2.33. The lowest BCUT2D eigenvalue weighted by Crippen LogP contribution is -2.04. The molecule has 2 N–H and O–H groups in total. The zero-order valence-electron chi connectivity index (χ0n) is 10.7. The molecule has 1 aromatic carbocycles. The van der Waals surface area contributed by atoms with Crippen molar-refractivity contribution in [2.45, 2.75) is 32.2 Å². The number of anilines is 1. The van der Waals surface area contributed by atoms with E-state index in [1.54, 1.807) is 6.07 Å². The molecule has 100 valence electrons. The van der Waals surface area contributed by atoms with Crippen LogP contribution in [-0.2, 0) is 6.54 Å². The second-order valence-electron chi connectivity index (χ2n) is 4.88. The molecular weight excluding hydrogens is 281 g/mol. The van der Waals surface area contributed by atoms with E-state index in [4.69, 9.17) is 33.9 Å². The first-order valence-corrected chi connectivity index (χ1v) is 7.18. The Labute approximate surface area is 122 Å². The van der Waals surface area contributed by atoms with Gasteiger partial charge >= 0.3 is 0 Å². The van der Waals surface area contributed by atoms with Gasteiger partial charge in [0, 0.05) is 28.1 Å². The molecule has 1 aromatic heterocycles. The maximum absolute atomic E-state index is 6.23. The number of hydrogen-bond acceptors (Lipinski definition) is 2. The van der Waals surface area contributed by atoms with Crippen LogP contribution in [0.4, 0.5) is 5.82 Å². The van der Waals surface area contributed by atoms with Crippen LogP contribution >= 0.6 is 23.2 Å². The molecule has 0 unspecified atom stereocenters. The Morgan fingerprint density at radius 1 is 1.26 bits per heavy atom. The average molecular weight is 296 g/mol. The van der Waals surface area contributed by atoms with E-state index in [9.17, 15) is 0 Å². The van der Waals surface area contributed by atoms with E-state index >= 15 is 0 Å². The summed E-state index contributed by atoms with van der Waals surface area (Å²) in [5.41, 5.74) is 7.89. The number of halogens is 2. The Balaban J connectivity index is 2.14. The number of nitrogens with zero attached hydrogens (tertiary/aromatic N) is 2. The molecule has 19 heavy (non-hydrogen) atoms. The lowest BCUT2D eigenvalue weighted by molar-refractivity contribution is 0.708. The molecule has 0 bridgehead atoms. The molecule has 0 saturated heterocycles. The summed E-state index contributed by atoms with van der Waals surface area (Å²) in [6.45, 7) is 2.91. The van der Waals surface area contributed by atoms with Crippen LogP contribution in [0.3, 0.4) is 0 Å². The second kappa shape index (κ2) is 4.73. The third-order valence-electron chi connectivity index (χ3n) is 3.43. The Kier molecular flexibility index (Phi) is 3.19. The maximum atomic E-state index is 6.23. The molecule has 5 heteroatoms. The van der Waals surface area contributed by atoms with Gasteiger partial charge in [-0.2, -0.15) is 0 Å². The summed E-state index contributed by atoms with van der Waals surface area (Å²) in [7, 11) is 0. The van der Waals surface area contributed by atoms with Crippen molar-refractivity contribution in [3.8, 4) is 11.3 Å². The van der Waals surface area contributed by atoms with Crippen LogP contribution in [0.5, 0.6) is 0 Å². The smallest absolute Gasteiger partial charge is 0.131 e. The lowest BCUT2D eigenvalue weighted by Gasteiger charge is -2.05. The van der Waals surface area contributed by atoms with Crippen LogP contribution in [0.1, 0.15) is 31.5 Å². The predicted octanol–water partition coefficient (Wildman–Crippen LogP) is 4.34. The van der Waals surface area contributed by atoms with Gasteiger partial charge in [-0.3, -0.25) is 0 Å². The molecule has 3 nitrogen and oxygen atoms in total. The van der Waals surface area contributed by atoms with Crippen LogP contribution in [0, 0.1) is 0 Å². The third-order valence-corrected chi connectivity index (χ3v) is 3.87. The van der Waals surface area contributed by atoms with Crippen LogP contribution < -0.4 is 5.73 Å². The maximum Gasteiger partial charge on any atom is 0.131 e. The highest BCUT2D eigenvalue weighted by molar-refractivity contribution is 6.35. The fourth-order valence-corrected chi connectivity index (χ4v) is 2.90. The topological polar surface area (TPSA) is 43.8 Å². The molecule has 1 heterocycles. The molecule has 3 rings (SSSR count). The molecule has 2 aromatic rings. The molecule has 0 atom stereocenters. The molecule has 1 aliphatic rings. The Morgan fingerprint density at radius 3 is 2.42 bits per heavy atom. The normalized spacial score (nSPS) is 14.9. The van der Waals surface area contributed by atoms with Gasteiger partial charge in [0.15, 0.2) is 0 Å². The highest BCUT2D eigenvalue weighted by atomic mass is 35.5. The summed E-state index contributed by atoms with van der Waals surface area (Å²) in [6, 6.07) is 5.41. The summed E-state index contributed by atoms with van der Waals surface area (Å²) in [5, 5.41) is 1.20. The lowest BCUT2D eigenvalue weighted by atomic mass is 10.1. The molecule has 1 fully saturated rings. The van der Waals surface area contributed by atoms with Gasteiger partial charge in [0.2, 0.25) is 0 Å². The summed E-state index contributed by atoms with van der Waals surface area (Å²) in [4.78, 5) is 4.72. The molecular formula is C14H15Cl2N3. The highest BCUT2D eigenvalue weighted by Gasteiger charge is 2.30. The molecule has 0 spiro atoms. The summed E-state index contributed by atoms with van der Waals surface area (Å²) in [5.74, 6) is 2.35. The largest absolute Gasteiger partial charge is 0.383 e. The van der Waals surface area contributed by atoms with Crippen molar-refractivity contribution in [1.29, 1.82) is 0 Å². The minimum Gasteiger partial charge on any atom is -0.383 e. The monoisotopic (exact) mass is 295 g/mol. The zero-order valence-corrected chi connectivity index (χ0v) is 12.2. The van der Waals surface area contributed by atoms with Crippen LogP contribution in [0.2, 0.25) is 10.0 Å². The number of nitrogens with two attached hydrogens (primary N) is 1. The van der Waals surface area contributed by atoms with Crippen molar-refractivity contribution in [2.24, 2.45) is 0 Å². The van der Waals surface area contributed by atoms with Gasteiger partial charge < -0.3 is 10.3 Å². The number of hydrogen-bond donors (Lipinski definition) is 1. The number of imidazole rings is 1. The van der Waals surface area contributed by atoms with Gasteiger partial charge in [0.1, 0.15) is 17.3 Å². The van der Waals surface area contributed by atoms with Gasteiger partial charge in [0.05, 0.1) is 0 Å². The Hall–Kier alpha value is -1.19. The van der Waals surface area contributed by atoms with Crippen molar-refractivity contribution >= 4 is 29.0 Å². The highest BCUT2D eigenvalue weighted by Crippen LogP contribution is 2.42. The van der Waals surface area contributed by atoms with Crippen LogP contribution in [0.25, 0.3) is 11.3 Å². The molecule has 1 saturated carbocycles.